The van der Waals surface area contributed by atoms with Gasteiger partial charge in [-0.2, -0.15) is 0 Å². The Hall–Kier alpha value is -3.15. The van der Waals surface area contributed by atoms with Gasteiger partial charge in [0.15, 0.2) is 6.61 Å². The van der Waals surface area contributed by atoms with E-state index in [4.69, 9.17) is 4.74 Å². The second-order valence-electron chi connectivity index (χ2n) is 5.42. The smallest absolute Gasteiger partial charge is 0.338 e. The predicted molar refractivity (Wildman–Crippen MR) is 94.2 cm³/mol. The van der Waals surface area contributed by atoms with Gasteiger partial charge >= 0.3 is 5.97 Å². The number of hydrogen-bond donors (Lipinski definition) is 2. The molecule has 0 spiro atoms. The molecule has 0 aliphatic rings. The molecule has 2 aromatic carbocycles. The molecule has 0 heterocycles. The van der Waals surface area contributed by atoms with Crippen LogP contribution in [0.4, 0.5) is 5.69 Å². The molecule has 0 saturated heterocycles. The molecule has 0 fully saturated rings. The van der Waals surface area contributed by atoms with Crippen LogP contribution in [0.5, 0.6) is 0 Å². The van der Waals surface area contributed by atoms with Crippen LogP contribution in [0.3, 0.4) is 0 Å². The molecule has 2 rings (SSSR count). The van der Waals surface area contributed by atoms with Crippen LogP contribution in [0.25, 0.3) is 0 Å². The van der Waals surface area contributed by atoms with Crippen LogP contribution in [0.1, 0.15) is 22.8 Å². The molecule has 2 N–H and O–H groups in total. The highest BCUT2D eigenvalue weighted by Gasteiger charge is 2.10. The summed E-state index contributed by atoms with van der Waals surface area (Å²) in [6.45, 7) is 1.55. The molecule has 0 radical (unpaired) electrons. The highest BCUT2D eigenvalue weighted by molar-refractivity contribution is 5.93. The zero-order chi connectivity index (χ0) is 18.1. The van der Waals surface area contributed by atoms with Gasteiger partial charge in [0.2, 0.25) is 5.91 Å². The predicted octanol–water partition coefficient (Wildman–Crippen LogP) is 2.16. The van der Waals surface area contributed by atoms with Crippen LogP contribution >= 0.6 is 0 Å². The topological polar surface area (TPSA) is 84.5 Å². The van der Waals surface area contributed by atoms with E-state index >= 15 is 0 Å². The number of esters is 1. The third-order valence-electron chi connectivity index (χ3n) is 3.35. The lowest BCUT2D eigenvalue weighted by Gasteiger charge is -2.07. The molecule has 6 nitrogen and oxygen atoms in total. The molecule has 0 aliphatic heterocycles. The fraction of sp³-hybridized carbons (Fsp3) is 0.211. The molecule has 0 aromatic heterocycles. The minimum Gasteiger partial charge on any atom is -0.452 e. The van der Waals surface area contributed by atoms with E-state index in [1.165, 1.54) is 19.1 Å². The van der Waals surface area contributed by atoms with E-state index in [0.717, 1.165) is 5.56 Å². The van der Waals surface area contributed by atoms with Crippen molar-refractivity contribution in [1.82, 2.24) is 5.32 Å². The molecular formula is C19H20N2O4. The quantitative estimate of drug-likeness (QED) is 0.757. The van der Waals surface area contributed by atoms with Gasteiger partial charge in [-0.1, -0.05) is 30.3 Å². The minimum atomic E-state index is -0.590. The SMILES string of the molecule is CC(=O)Nc1ccc(C(=O)OCC(=O)NCCc2ccccc2)cc1. The highest BCUT2D eigenvalue weighted by atomic mass is 16.5. The Labute approximate surface area is 146 Å². The maximum Gasteiger partial charge on any atom is 0.338 e. The van der Waals surface area contributed by atoms with Gasteiger partial charge in [-0.15, -0.1) is 0 Å². The maximum atomic E-state index is 11.9. The van der Waals surface area contributed by atoms with Crippen molar-refractivity contribution in [3.05, 3.63) is 65.7 Å². The standard InChI is InChI=1S/C19H20N2O4/c1-14(22)21-17-9-7-16(8-10-17)19(24)25-13-18(23)20-12-11-15-5-3-2-4-6-15/h2-10H,11-13H2,1H3,(H,20,23)(H,21,22). The molecular weight excluding hydrogens is 320 g/mol. The number of carbonyl (C=O) groups is 3. The fourth-order valence-corrected chi connectivity index (χ4v) is 2.15. The number of nitrogens with one attached hydrogen (secondary N) is 2. The average Bonchev–Trinajstić information content (AvgIpc) is 2.61. The van der Waals surface area contributed by atoms with Crippen LogP contribution in [0, 0.1) is 0 Å². The first-order valence-electron chi connectivity index (χ1n) is 7.90. The number of hydrogen-bond acceptors (Lipinski definition) is 4. The van der Waals surface area contributed by atoms with E-state index in [0.29, 0.717) is 24.2 Å². The Balaban J connectivity index is 1.71. The number of rotatable bonds is 7. The van der Waals surface area contributed by atoms with E-state index < -0.39 is 5.97 Å². The van der Waals surface area contributed by atoms with Crippen molar-refractivity contribution in [2.24, 2.45) is 0 Å². The van der Waals surface area contributed by atoms with Gasteiger partial charge in [0.25, 0.3) is 5.91 Å². The lowest BCUT2D eigenvalue weighted by molar-refractivity contribution is -0.124. The average molecular weight is 340 g/mol. The molecule has 2 amide bonds. The van der Waals surface area contributed by atoms with Gasteiger partial charge in [0, 0.05) is 19.2 Å². The van der Waals surface area contributed by atoms with E-state index in [9.17, 15) is 14.4 Å². The van der Waals surface area contributed by atoms with E-state index in [2.05, 4.69) is 10.6 Å². The first-order chi connectivity index (χ1) is 12.0. The number of amides is 2. The number of carbonyl (C=O) groups excluding carboxylic acids is 3. The van der Waals surface area contributed by atoms with Gasteiger partial charge in [-0.25, -0.2) is 4.79 Å². The zero-order valence-corrected chi connectivity index (χ0v) is 14.0. The molecule has 0 bridgehead atoms. The van der Waals surface area contributed by atoms with E-state index in [1.807, 2.05) is 30.3 Å². The molecule has 6 heteroatoms. The second-order valence-corrected chi connectivity index (χ2v) is 5.42. The lowest BCUT2D eigenvalue weighted by atomic mass is 10.1. The number of benzene rings is 2. The van der Waals surface area contributed by atoms with Gasteiger partial charge in [-0.3, -0.25) is 9.59 Å². The highest BCUT2D eigenvalue weighted by Crippen LogP contribution is 2.10. The van der Waals surface area contributed by atoms with Crippen molar-refractivity contribution in [3.8, 4) is 0 Å². The van der Waals surface area contributed by atoms with Crippen molar-refractivity contribution in [3.63, 3.8) is 0 Å². The Kier molecular flexibility index (Phi) is 6.71. The van der Waals surface area contributed by atoms with Crippen LogP contribution in [0.2, 0.25) is 0 Å². The minimum absolute atomic E-state index is 0.192. The Bertz CT molecular complexity index is 727. The summed E-state index contributed by atoms with van der Waals surface area (Å²) in [6, 6.07) is 16.0. The first kappa shape index (κ1) is 18.2. The third kappa shape index (κ3) is 6.47. The number of anilines is 1. The summed E-state index contributed by atoms with van der Waals surface area (Å²) in [5, 5.41) is 5.31. The summed E-state index contributed by atoms with van der Waals surface area (Å²) in [6.07, 6.45) is 0.713. The zero-order valence-electron chi connectivity index (χ0n) is 14.0. The van der Waals surface area contributed by atoms with Crippen molar-refractivity contribution < 1.29 is 19.1 Å². The van der Waals surface area contributed by atoms with Crippen molar-refractivity contribution in [2.45, 2.75) is 13.3 Å². The molecule has 0 atom stereocenters. The fourth-order valence-electron chi connectivity index (χ4n) is 2.15. The maximum absolute atomic E-state index is 11.9. The molecule has 130 valence electrons. The summed E-state index contributed by atoms with van der Waals surface area (Å²) in [5.74, 6) is -1.13. The summed E-state index contributed by atoms with van der Waals surface area (Å²) in [4.78, 5) is 34.5. The van der Waals surface area contributed by atoms with E-state index in [-0.39, 0.29) is 18.4 Å². The Morgan fingerprint density at radius 1 is 0.960 bits per heavy atom. The van der Waals surface area contributed by atoms with Crippen molar-refractivity contribution in [1.29, 1.82) is 0 Å². The van der Waals surface area contributed by atoms with Gasteiger partial charge < -0.3 is 15.4 Å². The third-order valence-corrected chi connectivity index (χ3v) is 3.35. The molecule has 0 unspecified atom stereocenters. The molecule has 25 heavy (non-hydrogen) atoms. The Morgan fingerprint density at radius 3 is 2.28 bits per heavy atom. The molecule has 0 aliphatic carbocycles. The summed E-state index contributed by atoms with van der Waals surface area (Å²) in [7, 11) is 0. The molecule has 2 aromatic rings. The normalized spacial score (nSPS) is 9.96. The second kappa shape index (κ2) is 9.22. The lowest BCUT2D eigenvalue weighted by Crippen LogP contribution is -2.30. The van der Waals surface area contributed by atoms with Crippen LogP contribution in [0.15, 0.2) is 54.6 Å². The largest absolute Gasteiger partial charge is 0.452 e. The van der Waals surface area contributed by atoms with Crippen molar-refractivity contribution >= 4 is 23.5 Å². The first-order valence-corrected chi connectivity index (χ1v) is 7.90. The van der Waals surface area contributed by atoms with Crippen LogP contribution < -0.4 is 10.6 Å². The summed E-state index contributed by atoms with van der Waals surface area (Å²) in [5.41, 5.74) is 2.02. The van der Waals surface area contributed by atoms with Gasteiger partial charge in [0.05, 0.1) is 5.56 Å². The molecule has 0 saturated carbocycles. The van der Waals surface area contributed by atoms with Gasteiger partial charge in [-0.05, 0) is 36.2 Å². The van der Waals surface area contributed by atoms with Crippen LogP contribution in [-0.4, -0.2) is 30.9 Å². The monoisotopic (exact) mass is 340 g/mol. The van der Waals surface area contributed by atoms with E-state index in [1.54, 1.807) is 12.1 Å². The Morgan fingerprint density at radius 2 is 1.64 bits per heavy atom. The summed E-state index contributed by atoms with van der Waals surface area (Å²) < 4.78 is 4.98. The summed E-state index contributed by atoms with van der Waals surface area (Å²) >= 11 is 0. The number of ether oxygens (including phenoxy) is 1. The van der Waals surface area contributed by atoms with Gasteiger partial charge in [0.1, 0.15) is 0 Å². The van der Waals surface area contributed by atoms with Crippen molar-refractivity contribution in [2.75, 3.05) is 18.5 Å². The van der Waals surface area contributed by atoms with Crippen LogP contribution in [-0.2, 0) is 20.7 Å².